The third kappa shape index (κ3) is 7.77. The molecule has 33 heavy (non-hydrogen) atoms. The number of carbonyl (C=O) groups excluding carboxylic acids is 1. The molecule has 0 aliphatic carbocycles. The van der Waals surface area contributed by atoms with Gasteiger partial charge in [-0.15, -0.1) is 13.2 Å². The topological polar surface area (TPSA) is 109 Å². The average molecular weight is 480 g/mol. The molecule has 174 valence electrons. The van der Waals surface area contributed by atoms with E-state index in [4.69, 9.17) is 0 Å². The Balaban J connectivity index is 1.52. The van der Waals surface area contributed by atoms with Gasteiger partial charge in [0, 0.05) is 31.2 Å². The first kappa shape index (κ1) is 24.0. The minimum absolute atomic E-state index is 0.0396. The predicted molar refractivity (Wildman–Crippen MR) is 114 cm³/mol. The van der Waals surface area contributed by atoms with Crippen molar-refractivity contribution in [1.82, 2.24) is 15.0 Å². The highest BCUT2D eigenvalue weighted by Gasteiger charge is 2.30. The van der Waals surface area contributed by atoms with Gasteiger partial charge in [-0.05, 0) is 59.7 Å². The number of nitrogens with one attached hydrogen (secondary N) is 3. The molecular formula is C21H19F3N4O4S. The number of urea groups is 1. The van der Waals surface area contributed by atoms with E-state index in [0.717, 1.165) is 17.7 Å². The molecule has 0 saturated carbocycles. The van der Waals surface area contributed by atoms with Crippen LogP contribution in [0.25, 0.3) is 0 Å². The van der Waals surface area contributed by atoms with Crippen LogP contribution in [-0.4, -0.2) is 25.8 Å². The molecule has 0 radical (unpaired) electrons. The summed E-state index contributed by atoms with van der Waals surface area (Å²) in [5.74, 6) is -0.401. The van der Waals surface area contributed by atoms with Crippen molar-refractivity contribution in [3.63, 3.8) is 0 Å². The summed E-state index contributed by atoms with van der Waals surface area (Å²) in [7, 11) is -3.88. The maximum absolute atomic E-state index is 12.5. The third-order valence-electron chi connectivity index (χ3n) is 4.25. The molecule has 0 bridgehead atoms. The number of benzene rings is 2. The van der Waals surface area contributed by atoms with E-state index in [9.17, 15) is 26.4 Å². The zero-order valence-corrected chi connectivity index (χ0v) is 17.8. The number of aromatic nitrogens is 1. The normalized spacial score (nSPS) is 11.6. The van der Waals surface area contributed by atoms with Crippen LogP contribution in [0.1, 0.15) is 11.1 Å². The fraction of sp³-hybridized carbons (Fsp3) is 0.143. The lowest BCUT2D eigenvalue weighted by molar-refractivity contribution is -0.274. The number of hydrogen-bond acceptors (Lipinski definition) is 5. The van der Waals surface area contributed by atoms with Crippen LogP contribution in [-0.2, 0) is 23.1 Å². The summed E-state index contributed by atoms with van der Waals surface area (Å²) >= 11 is 0. The van der Waals surface area contributed by atoms with Crippen molar-refractivity contribution in [3.05, 3.63) is 84.2 Å². The van der Waals surface area contributed by atoms with E-state index in [0.29, 0.717) is 17.8 Å². The monoisotopic (exact) mass is 480 g/mol. The second kappa shape index (κ2) is 10.3. The average Bonchev–Trinajstić information content (AvgIpc) is 2.77. The van der Waals surface area contributed by atoms with Gasteiger partial charge in [0.25, 0.3) is 0 Å². The fourth-order valence-corrected chi connectivity index (χ4v) is 3.66. The van der Waals surface area contributed by atoms with E-state index < -0.39 is 28.2 Å². The van der Waals surface area contributed by atoms with Crippen LogP contribution in [0.5, 0.6) is 5.75 Å². The van der Waals surface area contributed by atoms with E-state index in [2.05, 4.69) is 25.1 Å². The van der Waals surface area contributed by atoms with Crippen LogP contribution in [0.2, 0.25) is 0 Å². The summed E-state index contributed by atoms with van der Waals surface area (Å²) in [6.45, 7) is 0.167. The zero-order valence-electron chi connectivity index (χ0n) is 17.0. The number of sulfonamides is 1. The number of carbonyl (C=O) groups is 1. The molecule has 2 amide bonds. The highest BCUT2D eigenvalue weighted by Crippen LogP contribution is 2.23. The molecular weight excluding hydrogens is 461 g/mol. The van der Waals surface area contributed by atoms with Crippen LogP contribution in [0.4, 0.5) is 23.7 Å². The molecule has 0 spiro atoms. The lowest BCUT2D eigenvalue weighted by Gasteiger charge is -2.11. The van der Waals surface area contributed by atoms with E-state index >= 15 is 0 Å². The van der Waals surface area contributed by atoms with E-state index in [1.54, 1.807) is 24.5 Å². The number of ether oxygens (including phenoxy) is 1. The van der Waals surface area contributed by atoms with Crippen molar-refractivity contribution in [1.29, 1.82) is 0 Å². The maximum atomic E-state index is 12.5. The van der Waals surface area contributed by atoms with Crippen molar-refractivity contribution in [2.45, 2.75) is 24.3 Å². The maximum Gasteiger partial charge on any atom is 0.573 e. The lowest BCUT2D eigenvalue weighted by atomic mass is 10.2. The lowest BCUT2D eigenvalue weighted by Crippen LogP contribution is -2.28. The Labute approximate surface area is 187 Å². The Kier molecular flexibility index (Phi) is 7.51. The molecule has 0 saturated heterocycles. The summed E-state index contributed by atoms with van der Waals surface area (Å²) in [5, 5.41) is 5.26. The van der Waals surface area contributed by atoms with Gasteiger partial charge in [-0.1, -0.05) is 12.1 Å². The predicted octanol–water partition coefficient (Wildman–Crippen LogP) is 3.78. The summed E-state index contributed by atoms with van der Waals surface area (Å²) in [4.78, 5) is 15.8. The van der Waals surface area contributed by atoms with Crippen LogP contribution >= 0.6 is 0 Å². The van der Waals surface area contributed by atoms with Gasteiger partial charge in [0.2, 0.25) is 10.0 Å². The number of anilines is 1. The Hall–Kier alpha value is -3.64. The Morgan fingerprint density at radius 1 is 0.879 bits per heavy atom. The zero-order chi connectivity index (χ0) is 23.9. The van der Waals surface area contributed by atoms with Gasteiger partial charge in [-0.25, -0.2) is 17.9 Å². The first-order valence-corrected chi connectivity index (χ1v) is 11.0. The molecule has 3 rings (SSSR count). The van der Waals surface area contributed by atoms with Crippen LogP contribution in [0, 0.1) is 0 Å². The Morgan fingerprint density at radius 2 is 1.48 bits per heavy atom. The number of amides is 2. The number of hydrogen-bond donors (Lipinski definition) is 3. The van der Waals surface area contributed by atoms with E-state index in [-0.39, 0.29) is 11.4 Å². The van der Waals surface area contributed by atoms with Gasteiger partial charge in [0.1, 0.15) is 5.75 Å². The van der Waals surface area contributed by atoms with E-state index in [1.807, 2.05) is 0 Å². The van der Waals surface area contributed by atoms with Crippen molar-refractivity contribution >= 4 is 21.7 Å². The van der Waals surface area contributed by atoms with Crippen LogP contribution in [0.15, 0.2) is 78.0 Å². The van der Waals surface area contributed by atoms with Crippen molar-refractivity contribution in [2.24, 2.45) is 0 Å². The molecule has 0 aliphatic rings. The smallest absolute Gasteiger partial charge is 0.406 e. The van der Waals surface area contributed by atoms with Crippen molar-refractivity contribution in [2.75, 3.05) is 5.32 Å². The molecule has 0 unspecified atom stereocenters. The summed E-state index contributed by atoms with van der Waals surface area (Å²) in [6, 6.07) is 13.4. The first-order chi connectivity index (χ1) is 15.6. The SMILES string of the molecule is O=C(NCc1ccncc1)Nc1ccc(S(=O)(=O)NCc2ccc(OC(F)(F)F)cc2)cc1. The van der Waals surface area contributed by atoms with Gasteiger partial charge in [0.05, 0.1) is 4.90 Å². The highest BCUT2D eigenvalue weighted by molar-refractivity contribution is 7.89. The number of pyridine rings is 1. The van der Waals surface area contributed by atoms with Crippen molar-refractivity contribution in [3.8, 4) is 5.75 Å². The molecule has 3 N–H and O–H groups in total. The van der Waals surface area contributed by atoms with E-state index in [1.165, 1.54) is 36.4 Å². The standard InChI is InChI=1S/C21H19F3N4O4S/c22-21(23,24)32-18-5-1-15(2-6-18)14-27-33(30,31)19-7-3-17(4-8-19)28-20(29)26-13-16-9-11-25-12-10-16/h1-12,27H,13-14H2,(H2,26,28,29). The summed E-state index contributed by atoms with van der Waals surface area (Å²) < 4.78 is 67.7. The number of rotatable bonds is 8. The first-order valence-electron chi connectivity index (χ1n) is 9.49. The van der Waals surface area contributed by atoms with Crippen LogP contribution < -0.4 is 20.1 Å². The summed E-state index contributed by atoms with van der Waals surface area (Å²) in [5.41, 5.74) is 1.70. The molecule has 0 aliphatic heterocycles. The van der Waals surface area contributed by atoms with Gasteiger partial charge in [0.15, 0.2) is 0 Å². The fourth-order valence-electron chi connectivity index (χ4n) is 2.65. The minimum atomic E-state index is -4.80. The van der Waals surface area contributed by atoms with Crippen molar-refractivity contribution < 1.29 is 31.1 Å². The van der Waals surface area contributed by atoms with Gasteiger partial charge in [-0.3, -0.25) is 4.98 Å². The Morgan fingerprint density at radius 3 is 2.09 bits per heavy atom. The molecule has 2 aromatic carbocycles. The quantitative estimate of drug-likeness (QED) is 0.455. The molecule has 3 aromatic rings. The summed E-state index contributed by atoms with van der Waals surface area (Å²) in [6.07, 6.45) is -1.58. The second-order valence-electron chi connectivity index (χ2n) is 6.70. The van der Waals surface area contributed by atoms with Gasteiger partial charge in [-0.2, -0.15) is 0 Å². The molecule has 1 heterocycles. The number of halogens is 3. The second-order valence-corrected chi connectivity index (χ2v) is 8.47. The minimum Gasteiger partial charge on any atom is -0.406 e. The molecule has 12 heteroatoms. The van der Waals surface area contributed by atoms with Gasteiger partial charge >= 0.3 is 12.4 Å². The highest BCUT2D eigenvalue weighted by atomic mass is 32.2. The molecule has 0 atom stereocenters. The molecule has 0 fully saturated rings. The Bertz CT molecular complexity index is 1170. The molecule has 8 nitrogen and oxygen atoms in total. The largest absolute Gasteiger partial charge is 0.573 e. The van der Waals surface area contributed by atoms with Crippen LogP contribution in [0.3, 0.4) is 0 Å². The van der Waals surface area contributed by atoms with Gasteiger partial charge < -0.3 is 15.4 Å². The number of alkyl halides is 3. The third-order valence-corrected chi connectivity index (χ3v) is 5.67. The number of nitrogens with zero attached hydrogens (tertiary/aromatic N) is 1. The molecule has 1 aromatic heterocycles.